The first kappa shape index (κ1) is 19.7. The summed E-state index contributed by atoms with van der Waals surface area (Å²) in [5.41, 5.74) is 1.68. The van der Waals surface area contributed by atoms with Crippen molar-refractivity contribution >= 4 is 66.5 Å². The molecule has 1 saturated carbocycles. The smallest absolute Gasteiger partial charge is 0.267 e. The number of hydrogen-bond donors (Lipinski definition) is 1. The number of halogens is 2. The van der Waals surface area contributed by atoms with E-state index in [9.17, 15) is 9.90 Å². The SMILES string of the molecule is O=C1/C(=C/c2cc(Br)c(O)c(Br)c2)SC(=Nc2ccccc2)N1C1CCCC1. The third-order valence-corrected chi connectivity index (χ3v) is 7.04. The molecule has 1 saturated heterocycles. The summed E-state index contributed by atoms with van der Waals surface area (Å²) in [5, 5.41) is 10.7. The van der Waals surface area contributed by atoms with Crippen LogP contribution in [0.25, 0.3) is 6.08 Å². The highest BCUT2D eigenvalue weighted by atomic mass is 79.9. The van der Waals surface area contributed by atoms with Gasteiger partial charge in [-0.25, -0.2) is 4.99 Å². The Labute approximate surface area is 185 Å². The molecule has 4 nitrogen and oxygen atoms in total. The van der Waals surface area contributed by atoms with Crippen LogP contribution >= 0.6 is 43.6 Å². The van der Waals surface area contributed by atoms with Crippen molar-refractivity contribution in [1.29, 1.82) is 0 Å². The van der Waals surface area contributed by atoms with E-state index in [2.05, 4.69) is 31.9 Å². The van der Waals surface area contributed by atoms with E-state index in [0.29, 0.717) is 13.9 Å². The fourth-order valence-electron chi connectivity index (χ4n) is 3.48. The van der Waals surface area contributed by atoms with Crippen molar-refractivity contribution in [2.75, 3.05) is 0 Å². The third kappa shape index (κ3) is 4.07. The van der Waals surface area contributed by atoms with Crippen molar-refractivity contribution in [3.63, 3.8) is 0 Å². The van der Waals surface area contributed by atoms with Crippen molar-refractivity contribution < 1.29 is 9.90 Å². The van der Waals surface area contributed by atoms with Crippen LogP contribution < -0.4 is 0 Å². The van der Waals surface area contributed by atoms with Gasteiger partial charge in [-0.2, -0.15) is 0 Å². The summed E-state index contributed by atoms with van der Waals surface area (Å²) in [7, 11) is 0. The molecule has 1 amide bonds. The number of aliphatic imine (C=N–C) groups is 1. The third-order valence-electron chi connectivity index (χ3n) is 4.84. The number of amides is 1. The summed E-state index contributed by atoms with van der Waals surface area (Å²) < 4.78 is 1.16. The molecule has 2 aromatic carbocycles. The molecular weight excluding hydrogens is 504 g/mol. The Bertz CT molecular complexity index is 947. The maximum Gasteiger partial charge on any atom is 0.267 e. The summed E-state index contributed by atoms with van der Waals surface area (Å²) >= 11 is 8.11. The van der Waals surface area contributed by atoms with E-state index < -0.39 is 0 Å². The van der Waals surface area contributed by atoms with Gasteiger partial charge in [-0.15, -0.1) is 0 Å². The van der Waals surface area contributed by atoms with E-state index in [1.807, 2.05) is 41.3 Å². The van der Waals surface area contributed by atoms with E-state index in [0.717, 1.165) is 42.1 Å². The number of aromatic hydroxyl groups is 1. The lowest BCUT2D eigenvalue weighted by Gasteiger charge is -2.22. The quantitative estimate of drug-likeness (QED) is 0.471. The first-order valence-electron chi connectivity index (χ1n) is 9.08. The van der Waals surface area contributed by atoms with Gasteiger partial charge < -0.3 is 5.11 Å². The number of nitrogens with zero attached hydrogens (tertiary/aromatic N) is 2. The van der Waals surface area contributed by atoms with Crippen LogP contribution in [0, 0.1) is 0 Å². The molecule has 1 N–H and O–H groups in total. The Morgan fingerprint density at radius 3 is 2.39 bits per heavy atom. The molecule has 0 aromatic heterocycles. The number of para-hydroxylation sites is 1. The number of rotatable bonds is 3. The Kier molecular flexibility index (Phi) is 5.94. The van der Waals surface area contributed by atoms with Crippen molar-refractivity contribution in [2.45, 2.75) is 31.7 Å². The number of hydrogen-bond acceptors (Lipinski definition) is 4. The lowest BCUT2D eigenvalue weighted by Crippen LogP contribution is -2.37. The number of carbonyl (C=O) groups is 1. The van der Waals surface area contributed by atoms with Crippen LogP contribution in [-0.2, 0) is 4.79 Å². The van der Waals surface area contributed by atoms with Crippen LogP contribution in [0.4, 0.5) is 5.69 Å². The van der Waals surface area contributed by atoms with E-state index in [4.69, 9.17) is 4.99 Å². The highest BCUT2D eigenvalue weighted by Crippen LogP contribution is 2.40. The number of phenols is 1. The monoisotopic (exact) mass is 520 g/mol. The standard InChI is InChI=1S/C21H18Br2N2O2S/c22-16-10-13(11-17(23)19(16)26)12-18-20(27)25(15-8-4-5-9-15)21(28-18)24-14-6-2-1-3-7-14/h1-3,6-7,10-12,15,26H,4-5,8-9H2/b18-12-,24-21?. The molecule has 1 heterocycles. The van der Waals surface area contributed by atoms with Crippen LogP contribution in [0.3, 0.4) is 0 Å². The second kappa shape index (κ2) is 8.43. The molecular formula is C21H18Br2N2O2S. The molecule has 2 aromatic rings. The largest absolute Gasteiger partial charge is 0.506 e. The Balaban J connectivity index is 1.72. The molecule has 144 valence electrons. The highest BCUT2D eigenvalue weighted by Gasteiger charge is 2.39. The van der Waals surface area contributed by atoms with E-state index >= 15 is 0 Å². The van der Waals surface area contributed by atoms with Crippen molar-refractivity contribution in [2.24, 2.45) is 4.99 Å². The molecule has 0 bridgehead atoms. The summed E-state index contributed by atoms with van der Waals surface area (Å²) in [5.74, 6) is 0.151. The minimum Gasteiger partial charge on any atom is -0.506 e. The number of phenolic OH excluding ortho intramolecular Hbond substituents is 1. The van der Waals surface area contributed by atoms with Crippen molar-refractivity contribution in [3.05, 3.63) is 61.9 Å². The Hall–Kier alpha value is -1.57. The Morgan fingerprint density at radius 2 is 1.75 bits per heavy atom. The number of thioether (sulfide) groups is 1. The number of benzene rings is 2. The highest BCUT2D eigenvalue weighted by molar-refractivity contribution is 9.11. The molecule has 0 radical (unpaired) electrons. The minimum absolute atomic E-state index is 0.00639. The normalized spacial score (nSPS) is 20.6. The van der Waals surface area contributed by atoms with Gasteiger partial charge in [0.05, 0.1) is 19.5 Å². The number of carbonyl (C=O) groups excluding carboxylic acids is 1. The van der Waals surface area contributed by atoms with Gasteiger partial charge in [-0.3, -0.25) is 9.69 Å². The summed E-state index contributed by atoms with van der Waals surface area (Å²) in [6, 6.07) is 13.6. The van der Waals surface area contributed by atoms with Crippen LogP contribution in [-0.4, -0.2) is 27.1 Å². The van der Waals surface area contributed by atoms with Crippen LogP contribution in [0.5, 0.6) is 5.75 Å². The second-order valence-electron chi connectivity index (χ2n) is 6.79. The first-order valence-corrected chi connectivity index (χ1v) is 11.5. The molecule has 2 aliphatic rings. The van der Waals surface area contributed by atoms with Gasteiger partial charge in [0.1, 0.15) is 5.75 Å². The van der Waals surface area contributed by atoms with Gasteiger partial charge in [0.25, 0.3) is 5.91 Å². The minimum atomic E-state index is 0.00639. The fourth-order valence-corrected chi connectivity index (χ4v) is 5.76. The van der Waals surface area contributed by atoms with Crippen LogP contribution in [0.2, 0.25) is 0 Å². The molecule has 1 aliphatic carbocycles. The molecule has 4 rings (SSSR count). The summed E-state index contributed by atoms with van der Waals surface area (Å²) in [4.78, 5) is 20.5. The number of amidine groups is 1. The maximum absolute atomic E-state index is 13.2. The zero-order valence-corrected chi connectivity index (χ0v) is 18.9. The van der Waals surface area contributed by atoms with Gasteiger partial charge in [0.2, 0.25) is 0 Å². The molecule has 28 heavy (non-hydrogen) atoms. The molecule has 7 heteroatoms. The molecule has 2 fully saturated rings. The zero-order chi connectivity index (χ0) is 19.7. The van der Waals surface area contributed by atoms with Gasteiger partial charge >= 0.3 is 0 Å². The average molecular weight is 522 g/mol. The van der Waals surface area contributed by atoms with Crippen LogP contribution in [0.15, 0.2) is 61.3 Å². The van der Waals surface area contributed by atoms with Gasteiger partial charge in [0.15, 0.2) is 5.17 Å². The molecule has 0 unspecified atom stereocenters. The van der Waals surface area contributed by atoms with E-state index in [-0.39, 0.29) is 17.7 Å². The maximum atomic E-state index is 13.2. The predicted molar refractivity (Wildman–Crippen MR) is 122 cm³/mol. The average Bonchev–Trinajstić information content (AvgIpc) is 3.29. The predicted octanol–water partition coefficient (Wildman–Crippen LogP) is 6.46. The van der Waals surface area contributed by atoms with Crippen molar-refractivity contribution in [3.8, 4) is 5.75 Å². The topological polar surface area (TPSA) is 52.9 Å². The summed E-state index contributed by atoms with van der Waals surface area (Å²) in [6.45, 7) is 0. The lowest BCUT2D eigenvalue weighted by atomic mass is 10.2. The Morgan fingerprint density at radius 1 is 1.11 bits per heavy atom. The summed E-state index contributed by atoms with van der Waals surface area (Å²) in [6.07, 6.45) is 6.19. The van der Waals surface area contributed by atoms with Gasteiger partial charge in [0, 0.05) is 6.04 Å². The van der Waals surface area contributed by atoms with E-state index in [1.165, 1.54) is 11.8 Å². The molecule has 0 spiro atoms. The van der Waals surface area contributed by atoms with E-state index in [1.54, 1.807) is 12.1 Å². The van der Waals surface area contributed by atoms with Gasteiger partial charge in [-0.05, 0) is 92.4 Å². The zero-order valence-electron chi connectivity index (χ0n) is 14.9. The molecule has 0 atom stereocenters. The lowest BCUT2D eigenvalue weighted by molar-refractivity contribution is -0.123. The van der Waals surface area contributed by atoms with Crippen molar-refractivity contribution in [1.82, 2.24) is 4.90 Å². The van der Waals surface area contributed by atoms with Crippen LogP contribution in [0.1, 0.15) is 31.2 Å². The second-order valence-corrected chi connectivity index (χ2v) is 9.50. The molecule has 1 aliphatic heterocycles. The fraction of sp³-hybridized carbons (Fsp3) is 0.238. The van der Waals surface area contributed by atoms with Gasteiger partial charge in [-0.1, -0.05) is 31.0 Å². The first-order chi connectivity index (χ1) is 13.5.